The Morgan fingerprint density at radius 2 is 1.08 bits per heavy atom. The SMILES string of the molecule is CC1(C)c2ccccc2-c2ccc(-c3nc(-n4c5ccccc5c5cc6c(cc54)Sc4ccccc4C64c5ccccc5-c5ccccc54)nc4c3sc3ccccc34)cc21. The average Bonchev–Trinajstić information content (AvgIpc) is 4.00. The molecule has 3 nitrogen and oxygen atoms in total. The first kappa shape index (κ1) is 34.0. The van der Waals surface area contributed by atoms with E-state index in [9.17, 15) is 0 Å². The lowest BCUT2D eigenvalue weighted by Crippen LogP contribution is -2.32. The second kappa shape index (κ2) is 11.9. The third kappa shape index (κ3) is 4.30. The Labute approximate surface area is 361 Å². The van der Waals surface area contributed by atoms with Gasteiger partial charge in [0.05, 0.1) is 32.4 Å². The van der Waals surface area contributed by atoms with E-state index in [1.807, 2.05) is 11.8 Å². The minimum absolute atomic E-state index is 0.128. The van der Waals surface area contributed by atoms with E-state index in [-0.39, 0.29) is 5.41 Å². The van der Waals surface area contributed by atoms with Crippen LogP contribution in [0.5, 0.6) is 0 Å². The summed E-state index contributed by atoms with van der Waals surface area (Å²) in [4.78, 5) is 13.8. The number of nitrogens with zero attached hydrogens (tertiary/aromatic N) is 3. The number of rotatable bonds is 2. The van der Waals surface area contributed by atoms with Crippen molar-refractivity contribution in [3.8, 4) is 39.5 Å². The Hall–Kier alpha value is -6.79. The summed E-state index contributed by atoms with van der Waals surface area (Å²) < 4.78 is 4.66. The van der Waals surface area contributed by atoms with E-state index in [2.05, 4.69) is 194 Å². The second-order valence-electron chi connectivity index (χ2n) is 17.2. The van der Waals surface area contributed by atoms with Crippen molar-refractivity contribution in [2.24, 2.45) is 0 Å². The van der Waals surface area contributed by atoms with Gasteiger partial charge in [-0.1, -0.05) is 165 Å². The van der Waals surface area contributed by atoms with E-state index in [1.165, 1.54) is 80.9 Å². The molecule has 3 aliphatic rings. The first-order valence-electron chi connectivity index (χ1n) is 21.0. The molecule has 1 aliphatic heterocycles. The number of hydrogen-bond donors (Lipinski definition) is 0. The molecule has 2 aliphatic carbocycles. The van der Waals surface area contributed by atoms with Crippen molar-refractivity contribution in [3.05, 3.63) is 209 Å². The molecule has 61 heavy (non-hydrogen) atoms. The Morgan fingerprint density at radius 3 is 1.87 bits per heavy atom. The van der Waals surface area contributed by atoms with Crippen LogP contribution >= 0.6 is 23.1 Å². The van der Waals surface area contributed by atoms with Gasteiger partial charge in [0.15, 0.2) is 0 Å². The monoisotopic (exact) mass is 813 g/mol. The van der Waals surface area contributed by atoms with Crippen LogP contribution in [-0.2, 0) is 10.8 Å². The van der Waals surface area contributed by atoms with Crippen LogP contribution < -0.4 is 0 Å². The molecule has 0 saturated carbocycles. The molecular formula is C56H35N3S2. The van der Waals surface area contributed by atoms with Crippen molar-refractivity contribution in [1.82, 2.24) is 14.5 Å². The van der Waals surface area contributed by atoms with Crippen molar-refractivity contribution in [2.75, 3.05) is 0 Å². The van der Waals surface area contributed by atoms with E-state index in [0.29, 0.717) is 5.95 Å². The number of thiophene rings is 1. The molecule has 0 atom stereocenters. The zero-order chi connectivity index (χ0) is 40.2. The van der Waals surface area contributed by atoms with Crippen LogP contribution in [0.1, 0.15) is 47.2 Å². The molecule has 0 radical (unpaired) electrons. The zero-order valence-electron chi connectivity index (χ0n) is 33.4. The summed E-state index contributed by atoms with van der Waals surface area (Å²) in [6.45, 7) is 4.70. The molecule has 0 saturated heterocycles. The number of benzene rings is 8. The summed E-state index contributed by atoms with van der Waals surface area (Å²) in [5.41, 5.74) is 18.0. The van der Waals surface area contributed by atoms with Crippen molar-refractivity contribution in [1.29, 1.82) is 0 Å². The normalized spacial score (nSPS) is 14.9. The fraction of sp³-hybridized carbons (Fsp3) is 0.0714. The molecule has 14 rings (SSSR count). The topological polar surface area (TPSA) is 30.7 Å². The largest absolute Gasteiger partial charge is 0.278 e. The highest BCUT2D eigenvalue weighted by atomic mass is 32.2. The number of aromatic nitrogens is 3. The number of fused-ring (bicyclic) bond motifs is 18. The lowest BCUT2D eigenvalue weighted by atomic mass is 9.67. The standard InChI is InChI=1S/C56H35N3S2/c1-55(2)40-20-8-3-15-33(40)36-28-27-32(29-44(36)55)51-53-52(38-19-7-13-25-48(38)61-53)58-54(57-51)59-46-24-12-6-18-37(46)39-30-45-50(31-47(39)59)60-49-26-14-11-23-43(49)56(45)41-21-9-4-16-34(41)35-17-5-10-22-42(35)56/h3-31H,1-2H3. The van der Waals surface area contributed by atoms with Gasteiger partial charge in [0.1, 0.15) is 0 Å². The molecular weight excluding hydrogens is 779 g/mol. The van der Waals surface area contributed by atoms with E-state index in [4.69, 9.17) is 9.97 Å². The minimum Gasteiger partial charge on any atom is -0.278 e. The maximum atomic E-state index is 5.67. The zero-order valence-corrected chi connectivity index (χ0v) is 35.0. The maximum Gasteiger partial charge on any atom is 0.235 e. The molecule has 8 aromatic carbocycles. The molecule has 0 fully saturated rings. The highest BCUT2D eigenvalue weighted by molar-refractivity contribution is 7.99. The first-order chi connectivity index (χ1) is 30.0. The van der Waals surface area contributed by atoms with Crippen molar-refractivity contribution < 1.29 is 0 Å². The van der Waals surface area contributed by atoms with Crippen molar-refractivity contribution in [3.63, 3.8) is 0 Å². The average molecular weight is 814 g/mol. The van der Waals surface area contributed by atoms with Gasteiger partial charge in [0, 0.05) is 41.6 Å². The molecule has 11 aromatic rings. The molecule has 0 N–H and O–H groups in total. The summed E-state index contributed by atoms with van der Waals surface area (Å²) in [5.74, 6) is 0.688. The second-order valence-corrected chi connectivity index (χ2v) is 19.4. The summed E-state index contributed by atoms with van der Waals surface area (Å²) in [6, 6.07) is 65.4. The van der Waals surface area contributed by atoms with E-state index >= 15 is 0 Å². The summed E-state index contributed by atoms with van der Waals surface area (Å²) in [5, 5.41) is 3.55. The molecule has 5 heteroatoms. The fourth-order valence-corrected chi connectivity index (χ4v) is 13.6. The summed E-state index contributed by atoms with van der Waals surface area (Å²) in [7, 11) is 0. The Balaban J connectivity index is 1.06. The van der Waals surface area contributed by atoms with E-state index in [0.717, 1.165) is 37.9 Å². The third-order valence-electron chi connectivity index (χ3n) is 13.9. The third-order valence-corrected chi connectivity index (χ3v) is 16.2. The molecule has 1 spiro atoms. The van der Waals surface area contributed by atoms with Gasteiger partial charge < -0.3 is 0 Å². The van der Waals surface area contributed by atoms with Gasteiger partial charge in [0.2, 0.25) is 5.95 Å². The van der Waals surface area contributed by atoms with Crippen LogP contribution in [0, 0.1) is 0 Å². The van der Waals surface area contributed by atoms with Gasteiger partial charge in [-0.3, -0.25) is 4.57 Å². The van der Waals surface area contributed by atoms with Crippen LogP contribution in [0.4, 0.5) is 0 Å². The van der Waals surface area contributed by atoms with Gasteiger partial charge in [-0.25, -0.2) is 9.97 Å². The molecule has 0 amide bonds. The molecule has 3 aromatic heterocycles. The predicted octanol–water partition coefficient (Wildman–Crippen LogP) is 14.7. The Bertz CT molecular complexity index is 3690. The number of hydrogen-bond acceptors (Lipinski definition) is 4. The number of para-hydroxylation sites is 1. The van der Waals surface area contributed by atoms with E-state index < -0.39 is 5.41 Å². The lowest BCUT2D eigenvalue weighted by Gasteiger charge is -2.39. The summed E-state index contributed by atoms with van der Waals surface area (Å²) in [6.07, 6.45) is 0. The van der Waals surface area contributed by atoms with E-state index in [1.54, 1.807) is 11.3 Å². The minimum atomic E-state index is -0.457. The van der Waals surface area contributed by atoms with Gasteiger partial charge in [-0.15, -0.1) is 11.3 Å². The van der Waals surface area contributed by atoms with Crippen molar-refractivity contribution in [2.45, 2.75) is 34.5 Å². The van der Waals surface area contributed by atoms with Gasteiger partial charge >= 0.3 is 0 Å². The van der Waals surface area contributed by atoms with Crippen LogP contribution in [0.2, 0.25) is 0 Å². The molecule has 4 heterocycles. The van der Waals surface area contributed by atoms with Gasteiger partial charge in [-0.05, 0) is 92.0 Å². The summed E-state index contributed by atoms with van der Waals surface area (Å²) >= 11 is 3.67. The fourth-order valence-electron chi connectivity index (χ4n) is 11.3. The highest BCUT2D eigenvalue weighted by Crippen LogP contribution is 2.63. The smallest absolute Gasteiger partial charge is 0.235 e. The quantitative estimate of drug-likeness (QED) is 0.174. The highest BCUT2D eigenvalue weighted by Gasteiger charge is 2.50. The lowest BCUT2D eigenvalue weighted by molar-refractivity contribution is 0.660. The van der Waals surface area contributed by atoms with Crippen LogP contribution in [0.3, 0.4) is 0 Å². The van der Waals surface area contributed by atoms with Gasteiger partial charge in [-0.2, -0.15) is 0 Å². The van der Waals surface area contributed by atoms with Crippen LogP contribution in [-0.4, -0.2) is 14.5 Å². The van der Waals surface area contributed by atoms with Gasteiger partial charge in [0.25, 0.3) is 0 Å². The Morgan fingerprint density at radius 1 is 0.459 bits per heavy atom. The van der Waals surface area contributed by atoms with Crippen LogP contribution in [0.25, 0.3) is 81.6 Å². The molecule has 286 valence electrons. The maximum absolute atomic E-state index is 5.67. The molecule has 0 unspecified atom stereocenters. The predicted molar refractivity (Wildman–Crippen MR) is 254 cm³/mol. The molecule has 0 bridgehead atoms. The van der Waals surface area contributed by atoms with Crippen molar-refractivity contribution >= 4 is 65.2 Å². The Kier molecular flexibility index (Phi) is 6.65. The first-order valence-corrected chi connectivity index (χ1v) is 22.6. The van der Waals surface area contributed by atoms with Crippen LogP contribution in [0.15, 0.2) is 186 Å².